The van der Waals surface area contributed by atoms with Crippen molar-refractivity contribution in [2.45, 2.75) is 25.1 Å². The van der Waals surface area contributed by atoms with E-state index in [-0.39, 0.29) is 17.6 Å². The molecule has 2 heterocycles. The minimum absolute atomic E-state index is 0.209. The molecule has 1 aliphatic heterocycles. The van der Waals surface area contributed by atoms with Gasteiger partial charge in [0.1, 0.15) is 6.04 Å². The summed E-state index contributed by atoms with van der Waals surface area (Å²) >= 11 is 0. The highest BCUT2D eigenvalue weighted by Crippen LogP contribution is 2.29. The Balaban J connectivity index is 1.69. The quantitative estimate of drug-likeness (QED) is 0.824. The molecule has 3 rings (SSSR count). The van der Waals surface area contributed by atoms with Crippen LogP contribution in [0.25, 0.3) is 11.4 Å². The molecule has 1 unspecified atom stereocenters. The van der Waals surface area contributed by atoms with Crippen LogP contribution < -0.4 is 5.32 Å². The predicted octanol–water partition coefficient (Wildman–Crippen LogP) is 2.87. The Hall–Kier alpha value is -3.17. The SMILES string of the molecule is C=CC(=O)N1CCCC1C(=O)Nc1ccc(-c2noc(C(F)(F)F)n2)cc1. The summed E-state index contributed by atoms with van der Waals surface area (Å²) in [6, 6.07) is 5.35. The first-order chi connectivity index (χ1) is 12.8. The number of nitrogens with zero attached hydrogens (tertiary/aromatic N) is 3. The van der Waals surface area contributed by atoms with E-state index in [4.69, 9.17) is 0 Å². The molecule has 1 fully saturated rings. The second-order valence-corrected chi connectivity index (χ2v) is 5.88. The lowest BCUT2D eigenvalue weighted by atomic mass is 10.1. The monoisotopic (exact) mass is 380 g/mol. The molecule has 1 aliphatic rings. The van der Waals surface area contributed by atoms with Gasteiger partial charge in [-0.3, -0.25) is 9.59 Å². The number of nitrogens with one attached hydrogen (secondary N) is 1. The highest BCUT2D eigenvalue weighted by atomic mass is 19.4. The fraction of sp³-hybridized carbons (Fsp3) is 0.294. The first-order valence-electron chi connectivity index (χ1n) is 8.05. The molecule has 1 N–H and O–H groups in total. The number of benzene rings is 1. The number of anilines is 1. The van der Waals surface area contributed by atoms with Gasteiger partial charge in [-0.05, 0) is 43.2 Å². The number of hydrogen-bond donors (Lipinski definition) is 1. The van der Waals surface area contributed by atoms with Crippen molar-refractivity contribution in [1.82, 2.24) is 15.0 Å². The minimum Gasteiger partial charge on any atom is -0.329 e. The summed E-state index contributed by atoms with van der Waals surface area (Å²) in [7, 11) is 0. The first kappa shape index (κ1) is 18.6. The Morgan fingerprint density at radius 3 is 2.59 bits per heavy atom. The average molecular weight is 380 g/mol. The summed E-state index contributed by atoms with van der Waals surface area (Å²) in [5.74, 6) is -2.28. The fourth-order valence-electron chi connectivity index (χ4n) is 2.80. The number of halogens is 3. The molecule has 142 valence electrons. The van der Waals surface area contributed by atoms with Crippen LogP contribution in [0.5, 0.6) is 0 Å². The molecule has 2 aromatic rings. The maximum atomic E-state index is 12.5. The summed E-state index contributed by atoms with van der Waals surface area (Å²) in [5.41, 5.74) is 0.734. The van der Waals surface area contributed by atoms with Crippen molar-refractivity contribution in [1.29, 1.82) is 0 Å². The molecule has 0 saturated carbocycles. The molecule has 0 bridgehead atoms. The molecule has 0 aliphatic carbocycles. The van der Waals surface area contributed by atoms with Crippen molar-refractivity contribution in [3.05, 3.63) is 42.8 Å². The van der Waals surface area contributed by atoms with Crippen LogP contribution in [0.3, 0.4) is 0 Å². The van der Waals surface area contributed by atoms with Crippen molar-refractivity contribution in [2.24, 2.45) is 0 Å². The fourth-order valence-corrected chi connectivity index (χ4v) is 2.80. The lowest BCUT2D eigenvalue weighted by Crippen LogP contribution is -2.42. The van der Waals surface area contributed by atoms with Gasteiger partial charge in [-0.15, -0.1) is 0 Å². The number of amides is 2. The third-order valence-corrected chi connectivity index (χ3v) is 4.09. The first-order valence-corrected chi connectivity index (χ1v) is 8.05. The molecule has 2 amide bonds. The summed E-state index contributed by atoms with van der Waals surface area (Å²) in [6.07, 6.45) is -2.28. The van der Waals surface area contributed by atoms with Crippen LogP contribution in [0.2, 0.25) is 0 Å². The van der Waals surface area contributed by atoms with E-state index < -0.39 is 18.1 Å². The minimum atomic E-state index is -4.71. The predicted molar refractivity (Wildman–Crippen MR) is 88.3 cm³/mol. The molecule has 1 atom stereocenters. The van der Waals surface area contributed by atoms with Crippen molar-refractivity contribution >= 4 is 17.5 Å². The highest BCUT2D eigenvalue weighted by Gasteiger charge is 2.38. The lowest BCUT2D eigenvalue weighted by molar-refractivity contribution is -0.159. The van der Waals surface area contributed by atoms with Gasteiger partial charge in [-0.2, -0.15) is 18.2 Å². The Morgan fingerprint density at radius 2 is 2.00 bits per heavy atom. The summed E-state index contributed by atoms with van der Waals surface area (Å²) in [5, 5.41) is 5.99. The largest absolute Gasteiger partial charge is 0.471 e. The number of alkyl halides is 3. The zero-order chi connectivity index (χ0) is 19.6. The standard InChI is InChI=1S/C17H15F3N4O3/c1-2-13(25)24-9-3-4-12(24)15(26)21-11-7-5-10(6-8-11)14-22-16(27-23-14)17(18,19)20/h2,5-8,12H,1,3-4,9H2,(H,21,26). The van der Waals surface area contributed by atoms with E-state index in [1.807, 2.05) is 0 Å². The van der Waals surface area contributed by atoms with E-state index in [0.717, 1.165) is 6.42 Å². The summed E-state index contributed by atoms with van der Waals surface area (Å²) in [6.45, 7) is 3.91. The molecule has 1 aromatic carbocycles. The molecule has 10 heteroatoms. The molecule has 0 radical (unpaired) electrons. The number of rotatable bonds is 4. The molecule has 27 heavy (non-hydrogen) atoms. The number of aromatic nitrogens is 2. The Labute approximate surface area is 151 Å². The van der Waals surface area contributed by atoms with Crippen LogP contribution in [0.4, 0.5) is 18.9 Å². The molecule has 7 nitrogen and oxygen atoms in total. The van der Waals surface area contributed by atoms with Crippen LogP contribution in [0, 0.1) is 0 Å². The lowest BCUT2D eigenvalue weighted by Gasteiger charge is -2.22. The van der Waals surface area contributed by atoms with Gasteiger partial charge in [0.2, 0.25) is 17.6 Å². The van der Waals surface area contributed by atoms with Crippen LogP contribution >= 0.6 is 0 Å². The molecule has 0 spiro atoms. The van der Waals surface area contributed by atoms with Crippen LogP contribution in [0.1, 0.15) is 18.7 Å². The van der Waals surface area contributed by atoms with E-state index in [2.05, 4.69) is 26.6 Å². The smallest absolute Gasteiger partial charge is 0.329 e. The van der Waals surface area contributed by atoms with Crippen molar-refractivity contribution in [2.75, 3.05) is 11.9 Å². The summed E-state index contributed by atoms with van der Waals surface area (Å²) in [4.78, 5) is 28.9. The number of hydrogen-bond acceptors (Lipinski definition) is 5. The van der Waals surface area contributed by atoms with Crippen molar-refractivity contribution in [3.8, 4) is 11.4 Å². The third kappa shape index (κ3) is 3.99. The number of likely N-dealkylation sites (tertiary alicyclic amines) is 1. The van der Waals surface area contributed by atoms with Crippen molar-refractivity contribution in [3.63, 3.8) is 0 Å². The van der Waals surface area contributed by atoms with E-state index in [1.165, 1.54) is 35.2 Å². The summed E-state index contributed by atoms with van der Waals surface area (Å²) < 4.78 is 41.7. The van der Waals surface area contributed by atoms with Crippen LogP contribution in [0.15, 0.2) is 41.4 Å². The molecule has 1 aromatic heterocycles. The number of carbonyl (C=O) groups is 2. The van der Waals surface area contributed by atoms with Gasteiger partial charge >= 0.3 is 12.1 Å². The van der Waals surface area contributed by atoms with Crippen LogP contribution in [-0.4, -0.2) is 39.4 Å². The average Bonchev–Trinajstić information content (AvgIpc) is 3.31. The number of carbonyl (C=O) groups excluding carboxylic acids is 2. The topological polar surface area (TPSA) is 88.3 Å². The molecule has 1 saturated heterocycles. The van der Waals surface area contributed by atoms with Gasteiger partial charge in [0.15, 0.2) is 0 Å². The van der Waals surface area contributed by atoms with Gasteiger partial charge in [-0.25, -0.2) is 0 Å². The zero-order valence-corrected chi connectivity index (χ0v) is 14.0. The van der Waals surface area contributed by atoms with E-state index >= 15 is 0 Å². The Bertz CT molecular complexity index is 861. The maximum absolute atomic E-state index is 12.5. The second kappa shape index (κ2) is 7.22. The van der Waals surface area contributed by atoms with E-state index in [0.29, 0.717) is 24.2 Å². The van der Waals surface area contributed by atoms with E-state index in [9.17, 15) is 22.8 Å². The Morgan fingerprint density at radius 1 is 1.30 bits per heavy atom. The van der Waals surface area contributed by atoms with Crippen LogP contribution in [-0.2, 0) is 15.8 Å². The Kier molecular flexibility index (Phi) is 4.98. The van der Waals surface area contributed by atoms with Gasteiger partial charge in [0.05, 0.1) is 0 Å². The highest BCUT2D eigenvalue weighted by molar-refractivity contribution is 5.99. The molecular weight excluding hydrogens is 365 g/mol. The normalized spacial score (nSPS) is 17.0. The maximum Gasteiger partial charge on any atom is 0.471 e. The molecular formula is C17H15F3N4O3. The van der Waals surface area contributed by atoms with Gasteiger partial charge < -0.3 is 14.7 Å². The van der Waals surface area contributed by atoms with Gasteiger partial charge in [0.25, 0.3) is 0 Å². The zero-order valence-electron chi connectivity index (χ0n) is 14.0. The third-order valence-electron chi connectivity index (χ3n) is 4.09. The van der Waals surface area contributed by atoms with Crippen molar-refractivity contribution < 1.29 is 27.3 Å². The van der Waals surface area contributed by atoms with Gasteiger partial charge in [-0.1, -0.05) is 11.7 Å². The van der Waals surface area contributed by atoms with E-state index in [1.54, 1.807) is 0 Å². The van der Waals surface area contributed by atoms with Gasteiger partial charge in [0, 0.05) is 17.8 Å². The second-order valence-electron chi connectivity index (χ2n) is 5.88.